The molecule has 1 spiro atoms. The van der Waals surface area contributed by atoms with E-state index in [0.29, 0.717) is 5.56 Å². The minimum absolute atomic E-state index is 0.0396. The predicted molar refractivity (Wildman–Crippen MR) is 93.4 cm³/mol. The van der Waals surface area contributed by atoms with Crippen molar-refractivity contribution < 1.29 is 14.0 Å². The van der Waals surface area contributed by atoms with E-state index in [1.54, 1.807) is 6.07 Å². The second kappa shape index (κ2) is 6.06. The lowest BCUT2D eigenvalue weighted by Crippen LogP contribution is -2.62. The number of likely N-dealkylation sites (tertiary alicyclic amines) is 2. The highest BCUT2D eigenvalue weighted by atomic mass is 16.3. The Morgan fingerprint density at radius 2 is 1.72 bits per heavy atom. The van der Waals surface area contributed by atoms with Gasteiger partial charge in [-0.1, -0.05) is 18.2 Å². The Kier molecular flexibility index (Phi) is 3.86. The molecule has 130 valence electrons. The van der Waals surface area contributed by atoms with Crippen molar-refractivity contribution in [1.29, 1.82) is 0 Å². The molecule has 2 amide bonds. The summed E-state index contributed by atoms with van der Waals surface area (Å²) in [5.74, 6) is 0.163. The van der Waals surface area contributed by atoms with Crippen molar-refractivity contribution >= 4 is 11.8 Å². The fourth-order valence-corrected chi connectivity index (χ4v) is 3.96. The molecule has 25 heavy (non-hydrogen) atoms. The zero-order chi connectivity index (χ0) is 17.4. The molecular weight excluding hydrogens is 316 g/mol. The van der Waals surface area contributed by atoms with Gasteiger partial charge in [0.1, 0.15) is 6.26 Å². The van der Waals surface area contributed by atoms with E-state index in [9.17, 15) is 9.59 Å². The molecule has 2 fully saturated rings. The number of benzene rings is 1. The standard InChI is InChI=1S/C20H22N2O3/c1-15-4-2-3-5-17(15)19(24)21-9-7-20(8-10-21)13-22(14-20)18(23)16-6-11-25-12-16/h2-6,11-12H,7-10,13-14H2,1H3. The molecule has 0 N–H and O–H groups in total. The van der Waals surface area contributed by atoms with Crippen LogP contribution >= 0.6 is 0 Å². The van der Waals surface area contributed by atoms with Crippen LogP contribution in [0.3, 0.4) is 0 Å². The Balaban J connectivity index is 1.34. The Morgan fingerprint density at radius 1 is 1.00 bits per heavy atom. The quantitative estimate of drug-likeness (QED) is 0.846. The average Bonchev–Trinajstić information content (AvgIpc) is 3.14. The summed E-state index contributed by atoms with van der Waals surface area (Å²) >= 11 is 0. The van der Waals surface area contributed by atoms with Crippen molar-refractivity contribution in [3.05, 3.63) is 59.5 Å². The largest absolute Gasteiger partial charge is 0.472 e. The molecule has 0 atom stereocenters. The number of rotatable bonds is 2. The number of nitrogens with zero attached hydrogens (tertiary/aromatic N) is 2. The Hall–Kier alpha value is -2.56. The number of furan rings is 1. The number of amides is 2. The smallest absolute Gasteiger partial charge is 0.257 e. The van der Waals surface area contributed by atoms with Crippen LogP contribution in [0.25, 0.3) is 0 Å². The first-order valence-corrected chi connectivity index (χ1v) is 8.74. The monoisotopic (exact) mass is 338 g/mol. The summed E-state index contributed by atoms with van der Waals surface area (Å²) in [7, 11) is 0. The fourth-order valence-electron chi connectivity index (χ4n) is 3.96. The lowest BCUT2D eigenvalue weighted by molar-refractivity contribution is -0.0288. The van der Waals surface area contributed by atoms with E-state index in [2.05, 4.69) is 0 Å². The van der Waals surface area contributed by atoms with Crippen molar-refractivity contribution in [2.24, 2.45) is 5.41 Å². The fraction of sp³-hybridized carbons (Fsp3) is 0.400. The molecule has 4 rings (SSSR count). The van der Waals surface area contributed by atoms with E-state index in [1.807, 2.05) is 41.0 Å². The van der Waals surface area contributed by atoms with Gasteiger partial charge in [-0.05, 0) is 37.5 Å². The minimum Gasteiger partial charge on any atom is -0.472 e. The summed E-state index contributed by atoms with van der Waals surface area (Å²) in [6.07, 6.45) is 4.94. The molecule has 2 saturated heterocycles. The first-order chi connectivity index (χ1) is 12.1. The molecule has 0 aliphatic carbocycles. The van der Waals surface area contributed by atoms with Crippen LogP contribution in [0.4, 0.5) is 0 Å². The van der Waals surface area contributed by atoms with Gasteiger partial charge in [0.15, 0.2) is 0 Å². The number of hydrogen-bond acceptors (Lipinski definition) is 3. The van der Waals surface area contributed by atoms with Crippen LogP contribution in [-0.4, -0.2) is 47.8 Å². The molecular formula is C20H22N2O3. The van der Waals surface area contributed by atoms with Gasteiger partial charge in [0.25, 0.3) is 11.8 Å². The van der Waals surface area contributed by atoms with Gasteiger partial charge in [-0.3, -0.25) is 9.59 Å². The van der Waals surface area contributed by atoms with Gasteiger partial charge in [0.2, 0.25) is 0 Å². The number of aryl methyl sites for hydroxylation is 1. The second-order valence-corrected chi connectivity index (χ2v) is 7.28. The average molecular weight is 338 g/mol. The summed E-state index contributed by atoms with van der Waals surface area (Å²) in [4.78, 5) is 28.9. The first-order valence-electron chi connectivity index (χ1n) is 8.74. The molecule has 1 aromatic heterocycles. The Bertz CT molecular complexity index is 781. The topological polar surface area (TPSA) is 53.8 Å². The highest BCUT2D eigenvalue weighted by molar-refractivity contribution is 5.96. The van der Waals surface area contributed by atoms with Crippen molar-refractivity contribution in [3.8, 4) is 0 Å². The van der Waals surface area contributed by atoms with E-state index < -0.39 is 0 Å². The van der Waals surface area contributed by atoms with Crippen LogP contribution in [0.2, 0.25) is 0 Å². The Morgan fingerprint density at radius 3 is 2.36 bits per heavy atom. The highest BCUT2D eigenvalue weighted by Gasteiger charge is 2.47. The van der Waals surface area contributed by atoms with Crippen LogP contribution in [0.5, 0.6) is 0 Å². The lowest BCUT2D eigenvalue weighted by atomic mass is 9.71. The zero-order valence-corrected chi connectivity index (χ0v) is 14.4. The summed E-state index contributed by atoms with van der Waals surface area (Å²) in [5, 5.41) is 0. The normalized spacial score (nSPS) is 18.9. The molecule has 1 aromatic carbocycles. The van der Waals surface area contributed by atoms with E-state index in [1.165, 1.54) is 12.5 Å². The van der Waals surface area contributed by atoms with Crippen LogP contribution in [0, 0.1) is 12.3 Å². The van der Waals surface area contributed by atoms with Crippen LogP contribution in [-0.2, 0) is 0 Å². The first kappa shape index (κ1) is 15.9. The van der Waals surface area contributed by atoms with E-state index in [0.717, 1.165) is 50.1 Å². The molecule has 3 heterocycles. The van der Waals surface area contributed by atoms with Crippen LogP contribution in [0.15, 0.2) is 47.3 Å². The maximum atomic E-state index is 12.7. The van der Waals surface area contributed by atoms with Gasteiger partial charge in [0.05, 0.1) is 11.8 Å². The lowest BCUT2D eigenvalue weighted by Gasteiger charge is -2.53. The molecule has 5 heteroatoms. The van der Waals surface area contributed by atoms with Crippen molar-refractivity contribution in [2.75, 3.05) is 26.2 Å². The van der Waals surface area contributed by atoms with Gasteiger partial charge < -0.3 is 14.2 Å². The molecule has 0 unspecified atom stereocenters. The Labute approximate surface area is 147 Å². The van der Waals surface area contributed by atoms with E-state index >= 15 is 0 Å². The SMILES string of the molecule is Cc1ccccc1C(=O)N1CCC2(CC1)CN(C(=O)c1ccoc1)C2. The maximum absolute atomic E-state index is 12.7. The highest BCUT2D eigenvalue weighted by Crippen LogP contribution is 2.41. The maximum Gasteiger partial charge on any atom is 0.257 e. The number of hydrogen-bond donors (Lipinski definition) is 0. The predicted octanol–water partition coefficient (Wildman–Crippen LogP) is 2.97. The van der Waals surface area contributed by atoms with Crippen LogP contribution in [0.1, 0.15) is 39.1 Å². The second-order valence-electron chi connectivity index (χ2n) is 7.28. The van der Waals surface area contributed by atoms with Crippen molar-refractivity contribution in [3.63, 3.8) is 0 Å². The van der Waals surface area contributed by atoms with Gasteiger partial charge in [0, 0.05) is 37.2 Å². The van der Waals surface area contributed by atoms with Gasteiger partial charge in [-0.2, -0.15) is 0 Å². The molecule has 0 radical (unpaired) electrons. The number of piperidine rings is 1. The summed E-state index contributed by atoms with van der Waals surface area (Å²) in [6, 6.07) is 9.45. The molecule has 2 aliphatic heterocycles. The third-order valence-electron chi connectivity index (χ3n) is 5.59. The third kappa shape index (κ3) is 2.84. The van der Waals surface area contributed by atoms with E-state index in [4.69, 9.17) is 4.42 Å². The van der Waals surface area contributed by atoms with Crippen molar-refractivity contribution in [2.45, 2.75) is 19.8 Å². The number of carbonyl (C=O) groups excluding carboxylic acids is 2. The molecule has 2 aromatic rings. The zero-order valence-electron chi connectivity index (χ0n) is 14.4. The van der Waals surface area contributed by atoms with Gasteiger partial charge in [-0.25, -0.2) is 0 Å². The van der Waals surface area contributed by atoms with Gasteiger partial charge in [-0.15, -0.1) is 0 Å². The molecule has 0 saturated carbocycles. The minimum atomic E-state index is 0.0396. The molecule has 0 bridgehead atoms. The number of carbonyl (C=O) groups is 2. The molecule has 5 nitrogen and oxygen atoms in total. The summed E-state index contributed by atoms with van der Waals surface area (Å²) in [6.45, 7) is 5.07. The van der Waals surface area contributed by atoms with Crippen LogP contribution < -0.4 is 0 Å². The van der Waals surface area contributed by atoms with E-state index in [-0.39, 0.29) is 17.2 Å². The summed E-state index contributed by atoms with van der Waals surface area (Å²) in [5.41, 5.74) is 2.61. The van der Waals surface area contributed by atoms with Crippen molar-refractivity contribution in [1.82, 2.24) is 9.80 Å². The van der Waals surface area contributed by atoms with Gasteiger partial charge >= 0.3 is 0 Å². The summed E-state index contributed by atoms with van der Waals surface area (Å²) < 4.78 is 4.99. The third-order valence-corrected chi connectivity index (χ3v) is 5.59. The molecule has 2 aliphatic rings.